The van der Waals surface area contributed by atoms with Gasteiger partial charge in [0, 0.05) is 17.6 Å². The first kappa shape index (κ1) is 16.5. The lowest BCUT2D eigenvalue weighted by Gasteiger charge is -2.05. The summed E-state index contributed by atoms with van der Waals surface area (Å²) < 4.78 is 0. The first-order chi connectivity index (χ1) is 11.5. The average molecular weight is 339 g/mol. The zero-order valence-corrected chi connectivity index (χ0v) is 14.9. The monoisotopic (exact) mass is 339 g/mol. The summed E-state index contributed by atoms with van der Waals surface area (Å²) in [5.41, 5.74) is 9.95. The van der Waals surface area contributed by atoms with E-state index in [1.54, 1.807) is 0 Å². The molecule has 1 aromatic carbocycles. The molecule has 4 nitrogen and oxygen atoms in total. The van der Waals surface area contributed by atoms with E-state index < -0.39 is 0 Å². The third-order valence-corrected chi connectivity index (χ3v) is 5.10. The molecule has 3 rings (SSSR count). The molecule has 0 aliphatic carbocycles. The Bertz CT molecular complexity index is 882. The lowest BCUT2D eigenvalue weighted by Crippen LogP contribution is -2.22. The van der Waals surface area contributed by atoms with Crippen molar-refractivity contribution in [2.24, 2.45) is 0 Å². The van der Waals surface area contributed by atoms with Gasteiger partial charge in [-0.3, -0.25) is 4.79 Å². The van der Waals surface area contributed by atoms with E-state index in [1.807, 2.05) is 43.3 Å². The van der Waals surface area contributed by atoms with Crippen LogP contribution in [-0.4, -0.2) is 10.9 Å². The maximum absolute atomic E-state index is 12.5. The minimum absolute atomic E-state index is 0.151. The molecule has 3 N–H and O–H groups in total. The van der Waals surface area contributed by atoms with Gasteiger partial charge in [0.25, 0.3) is 5.91 Å². The average Bonchev–Trinajstić information content (AvgIpc) is 2.90. The number of carbonyl (C=O) groups is 1. The van der Waals surface area contributed by atoms with Gasteiger partial charge in [-0.2, -0.15) is 0 Å². The van der Waals surface area contributed by atoms with Crippen molar-refractivity contribution in [3.63, 3.8) is 0 Å². The first-order valence-corrected chi connectivity index (χ1v) is 8.80. The SMILES string of the molecule is Cc1ccc(CNC(=O)c2sc3nc(C(C)C)ccc3c2N)cc1. The Morgan fingerprint density at radius 3 is 2.58 bits per heavy atom. The summed E-state index contributed by atoms with van der Waals surface area (Å²) in [6, 6.07) is 12.0. The maximum atomic E-state index is 12.5. The van der Waals surface area contributed by atoms with E-state index in [-0.39, 0.29) is 5.91 Å². The van der Waals surface area contributed by atoms with Gasteiger partial charge in [-0.1, -0.05) is 43.7 Å². The number of rotatable bonds is 4. The van der Waals surface area contributed by atoms with Crippen LogP contribution in [-0.2, 0) is 6.54 Å². The summed E-state index contributed by atoms with van der Waals surface area (Å²) in [6.45, 7) is 6.72. The molecule has 0 aliphatic rings. The zero-order valence-electron chi connectivity index (χ0n) is 14.1. The number of benzene rings is 1. The van der Waals surface area contributed by atoms with Crippen molar-refractivity contribution in [3.8, 4) is 0 Å². The van der Waals surface area contributed by atoms with Crippen LogP contribution in [0, 0.1) is 6.92 Å². The van der Waals surface area contributed by atoms with E-state index in [9.17, 15) is 4.79 Å². The second-order valence-electron chi connectivity index (χ2n) is 6.26. The molecular weight excluding hydrogens is 318 g/mol. The summed E-state index contributed by atoms with van der Waals surface area (Å²) >= 11 is 1.35. The lowest BCUT2D eigenvalue weighted by molar-refractivity contribution is 0.0956. The van der Waals surface area contributed by atoms with Crippen molar-refractivity contribution in [1.82, 2.24) is 10.3 Å². The molecular formula is C19H21N3OS. The highest BCUT2D eigenvalue weighted by atomic mass is 32.1. The fraction of sp³-hybridized carbons (Fsp3) is 0.263. The van der Waals surface area contributed by atoms with Gasteiger partial charge in [0.15, 0.2) is 0 Å². The number of pyridine rings is 1. The van der Waals surface area contributed by atoms with E-state index in [4.69, 9.17) is 5.73 Å². The molecule has 0 aliphatic heterocycles. The number of hydrogen-bond donors (Lipinski definition) is 2. The van der Waals surface area contributed by atoms with E-state index in [0.29, 0.717) is 23.0 Å². The van der Waals surface area contributed by atoms with Crippen LogP contribution in [0.25, 0.3) is 10.2 Å². The Morgan fingerprint density at radius 2 is 1.92 bits per heavy atom. The van der Waals surface area contributed by atoms with Gasteiger partial charge in [-0.15, -0.1) is 11.3 Å². The fourth-order valence-corrected chi connectivity index (χ4v) is 3.49. The number of carbonyl (C=O) groups excluding carboxylic acids is 1. The van der Waals surface area contributed by atoms with Crippen molar-refractivity contribution in [3.05, 3.63) is 58.1 Å². The Labute approximate surface area is 145 Å². The first-order valence-electron chi connectivity index (χ1n) is 7.98. The number of hydrogen-bond acceptors (Lipinski definition) is 4. The van der Waals surface area contributed by atoms with Crippen LogP contribution >= 0.6 is 11.3 Å². The van der Waals surface area contributed by atoms with E-state index in [2.05, 4.69) is 24.1 Å². The van der Waals surface area contributed by atoms with Gasteiger partial charge in [-0.05, 0) is 30.5 Å². The van der Waals surface area contributed by atoms with Gasteiger partial charge in [0.2, 0.25) is 0 Å². The Hall–Kier alpha value is -2.40. The van der Waals surface area contributed by atoms with Crippen LogP contribution in [0.4, 0.5) is 5.69 Å². The molecule has 0 unspecified atom stereocenters. The normalized spacial score (nSPS) is 11.2. The highest BCUT2D eigenvalue weighted by Crippen LogP contribution is 2.33. The van der Waals surface area contributed by atoms with Crippen molar-refractivity contribution < 1.29 is 4.79 Å². The molecule has 0 radical (unpaired) electrons. The number of nitrogens with one attached hydrogen (secondary N) is 1. The molecule has 3 aromatic rings. The fourth-order valence-electron chi connectivity index (χ4n) is 2.47. The van der Waals surface area contributed by atoms with Gasteiger partial charge >= 0.3 is 0 Å². The van der Waals surface area contributed by atoms with E-state index >= 15 is 0 Å². The number of anilines is 1. The third kappa shape index (κ3) is 3.26. The number of nitrogens with two attached hydrogens (primary N) is 1. The van der Waals surface area contributed by atoms with E-state index in [1.165, 1.54) is 16.9 Å². The molecule has 124 valence electrons. The number of nitrogens with zero attached hydrogens (tertiary/aromatic N) is 1. The summed E-state index contributed by atoms with van der Waals surface area (Å²) in [5.74, 6) is 0.193. The van der Waals surface area contributed by atoms with Crippen LogP contribution in [0.2, 0.25) is 0 Å². The molecule has 0 saturated carbocycles. The van der Waals surface area contributed by atoms with Gasteiger partial charge in [-0.25, -0.2) is 4.98 Å². The van der Waals surface area contributed by atoms with Crippen molar-refractivity contribution in [1.29, 1.82) is 0 Å². The van der Waals surface area contributed by atoms with Gasteiger partial charge < -0.3 is 11.1 Å². The van der Waals surface area contributed by atoms with Crippen LogP contribution in [0.1, 0.15) is 46.3 Å². The minimum Gasteiger partial charge on any atom is -0.397 e. The summed E-state index contributed by atoms with van der Waals surface area (Å²) in [6.07, 6.45) is 0. The van der Waals surface area contributed by atoms with Crippen molar-refractivity contribution >= 4 is 33.1 Å². The smallest absolute Gasteiger partial charge is 0.263 e. The predicted molar refractivity (Wildman–Crippen MR) is 100 cm³/mol. The molecule has 24 heavy (non-hydrogen) atoms. The molecule has 0 spiro atoms. The van der Waals surface area contributed by atoms with E-state index in [0.717, 1.165) is 21.5 Å². The molecule has 2 aromatic heterocycles. The largest absolute Gasteiger partial charge is 0.397 e. The number of thiophene rings is 1. The topological polar surface area (TPSA) is 68.0 Å². The number of fused-ring (bicyclic) bond motifs is 1. The second kappa shape index (κ2) is 6.61. The molecule has 0 bridgehead atoms. The van der Waals surface area contributed by atoms with Crippen LogP contribution in [0.15, 0.2) is 36.4 Å². The maximum Gasteiger partial charge on any atom is 0.263 e. The number of aryl methyl sites for hydroxylation is 1. The lowest BCUT2D eigenvalue weighted by atomic mass is 10.1. The number of amides is 1. The van der Waals surface area contributed by atoms with Crippen LogP contribution in [0.5, 0.6) is 0 Å². The zero-order chi connectivity index (χ0) is 17.3. The highest BCUT2D eigenvalue weighted by Gasteiger charge is 2.17. The minimum atomic E-state index is -0.151. The summed E-state index contributed by atoms with van der Waals surface area (Å²) in [4.78, 5) is 18.5. The second-order valence-corrected chi connectivity index (χ2v) is 7.26. The third-order valence-electron chi connectivity index (χ3n) is 3.99. The predicted octanol–water partition coefficient (Wildman–Crippen LogP) is 4.24. The van der Waals surface area contributed by atoms with Gasteiger partial charge in [0.05, 0.1) is 5.69 Å². The molecule has 2 heterocycles. The molecule has 1 amide bonds. The molecule has 0 saturated heterocycles. The summed E-state index contributed by atoms with van der Waals surface area (Å²) in [7, 11) is 0. The Kier molecular flexibility index (Phi) is 4.53. The Morgan fingerprint density at radius 1 is 1.21 bits per heavy atom. The van der Waals surface area contributed by atoms with Crippen LogP contribution in [0.3, 0.4) is 0 Å². The highest BCUT2D eigenvalue weighted by molar-refractivity contribution is 7.21. The quantitative estimate of drug-likeness (QED) is 0.747. The summed E-state index contributed by atoms with van der Waals surface area (Å²) in [5, 5.41) is 3.79. The standard InChI is InChI=1S/C19H21N3OS/c1-11(2)15-9-8-14-16(20)17(24-19(14)22-15)18(23)21-10-13-6-4-12(3)5-7-13/h4-9,11H,10,20H2,1-3H3,(H,21,23). The molecule has 0 fully saturated rings. The van der Waals surface area contributed by atoms with Crippen molar-refractivity contribution in [2.75, 3.05) is 5.73 Å². The number of nitrogen functional groups attached to an aromatic ring is 1. The van der Waals surface area contributed by atoms with Crippen LogP contribution < -0.4 is 11.1 Å². The molecule has 5 heteroatoms. The van der Waals surface area contributed by atoms with Crippen molar-refractivity contribution in [2.45, 2.75) is 33.2 Å². The number of aromatic nitrogens is 1. The Balaban J connectivity index is 1.81. The van der Waals surface area contributed by atoms with Gasteiger partial charge in [0.1, 0.15) is 9.71 Å². The molecule has 0 atom stereocenters.